The van der Waals surface area contributed by atoms with Crippen LogP contribution in [0, 0.1) is 10.1 Å². The van der Waals surface area contributed by atoms with Crippen LogP contribution < -0.4 is 5.32 Å². The molecule has 1 aromatic heterocycles. The molecule has 0 radical (unpaired) electrons. The van der Waals surface area contributed by atoms with E-state index in [9.17, 15) is 19.7 Å². The van der Waals surface area contributed by atoms with Crippen LogP contribution in [0.2, 0.25) is 0 Å². The highest BCUT2D eigenvalue weighted by molar-refractivity contribution is 5.97. The van der Waals surface area contributed by atoms with E-state index in [4.69, 9.17) is 9.26 Å². The Labute approximate surface area is 153 Å². The van der Waals surface area contributed by atoms with Crippen molar-refractivity contribution in [2.45, 2.75) is 19.4 Å². The first-order chi connectivity index (χ1) is 13.0. The molecule has 0 bridgehead atoms. The fraction of sp³-hybridized carbons (Fsp3) is 0.167. The fourth-order valence-corrected chi connectivity index (χ4v) is 2.47. The molecule has 0 spiro atoms. The van der Waals surface area contributed by atoms with Crippen LogP contribution in [0.4, 0.5) is 11.4 Å². The van der Waals surface area contributed by atoms with E-state index in [-0.39, 0.29) is 17.8 Å². The first kappa shape index (κ1) is 18.1. The van der Waals surface area contributed by atoms with E-state index in [1.54, 1.807) is 30.3 Å². The van der Waals surface area contributed by atoms with Crippen LogP contribution in [-0.2, 0) is 20.7 Å². The molecule has 27 heavy (non-hydrogen) atoms. The van der Waals surface area contributed by atoms with Gasteiger partial charge in [0.2, 0.25) is 0 Å². The Morgan fingerprint density at radius 1 is 1.22 bits per heavy atom. The summed E-state index contributed by atoms with van der Waals surface area (Å²) in [5.41, 5.74) is 0.723. The van der Waals surface area contributed by atoms with E-state index >= 15 is 0 Å². The standard InChI is InChI=1S/C18H15N3O6/c1-11(18(23)19-13-7-3-4-8-15(13)21(24)25)26-17(22)10-14-12-6-2-5-9-16(12)27-20-14/h2-9,11H,10H2,1H3,(H,19,23)/t11-/m0/s1. The number of ether oxygens (including phenoxy) is 1. The topological polar surface area (TPSA) is 125 Å². The van der Waals surface area contributed by atoms with Crippen LogP contribution in [0.25, 0.3) is 11.0 Å². The number of esters is 1. The Hall–Kier alpha value is -3.75. The second-order valence-electron chi connectivity index (χ2n) is 5.70. The summed E-state index contributed by atoms with van der Waals surface area (Å²) < 4.78 is 10.2. The van der Waals surface area contributed by atoms with Gasteiger partial charge in [-0.15, -0.1) is 0 Å². The van der Waals surface area contributed by atoms with E-state index in [1.165, 1.54) is 25.1 Å². The van der Waals surface area contributed by atoms with Gasteiger partial charge >= 0.3 is 5.97 Å². The smallest absolute Gasteiger partial charge is 0.312 e. The second kappa shape index (κ2) is 7.65. The average molecular weight is 369 g/mol. The monoisotopic (exact) mass is 369 g/mol. The zero-order valence-electron chi connectivity index (χ0n) is 14.2. The van der Waals surface area contributed by atoms with Gasteiger partial charge < -0.3 is 14.6 Å². The minimum absolute atomic E-state index is 0.0258. The molecule has 138 valence electrons. The van der Waals surface area contributed by atoms with Gasteiger partial charge in [-0.25, -0.2) is 0 Å². The maximum absolute atomic E-state index is 12.2. The van der Waals surface area contributed by atoms with Crippen molar-refractivity contribution in [2.24, 2.45) is 0 Å². The molecule has 0 saturated carbocycles. The van der Waals surface area contributed by atoms with Gasteiger partial charge in [-0.3, -0.25) is 19.7 Å². The van der Waals surface area contributed by atoms with E-state index in [1.807, 2.05) is 0 Å². The molecule has 3 aromatic rings. The molecule has 1 atom stereocenters. The zero-order valence-corrected chi connectivity index (χ0v) is 14.2. The molecule has 1 amide bonds. The largest absolute Gasteiger partial charge is 0.452 e. The molecule has 0 fully saturated rings. The van der Waals surface area contributed by atoms with E-state index < -0.39 is 22.9 Å². The van der Waals surface area contributed by atoms with Crippen molar-refractivity contribution >= 4 is 34.2 Å². The SMILES string of the molecule is C[C@H](OC(=O)Cc1noc2ccccc12)C(=O)Nc1ccccc1[N+](=O)[O-]. The number of nitro benzene ring substituents is 1. The molecule has 0 aliphatic rings. The lowest BCUT2D eigenvalue weighted by atomic mass is 10.2. The number of amides is 1. The van der Waals surface area contributed by atoms with Gasteiger partial charge in [0.25, 0.3) is 11.6 Å². The summed E-state index contributed by atoms with van der Waals surface area (Å²) in [6.07, 6.45) is -1.31. The maximum Gasteiger partial charge on any atom is 0.312 e. The molecule has 2 aromatic carbocycles. The summed E-state index contributed by atoms with van der Waals surface area (Å²) in [5, 5.41) is 17.9. The fourth-order valence-electron chi connectivity index (χ4n) is 2.47. The Bertz CT molecular complexity index is 1010. The van der Waals surface area contributed by atoms with Crippen LogP contribution >= 0.6 is 0 Å². The molecule has 0 aliphatic carbocycles. The molecule has 0 aliphatic heterocycles. The number of nitrogens with one attached hydrogen (secondary N) is 1. The second-order valence-corrected chi connectivity index (χ2v) is 5.70. The summed E-state index contributed by atoms with van der Waals surface area (Å²) in [6, 6.07) is 12.8. The average Bonchev–Trinajstić information content (AvgIpc) is 3.05. The third-order valence-corrected chi connectivity index (χ3v) is 3.80. The third-order valence-electron chi connectivity index (χ3n) is 3.80. The van der Waals surface area contributed by atoms with Crippen LogP contribution in [0.5, 0.6) is 0 Å². The predicted molar refractivity (Wildman–Crippen MR) is 95.0 cm³/mol. The van der Waals surface area contributed by atoms with Crippen LogP contribution in [0.1, 0.15) is 12.6 Å². The lowest BCUT2D eigenvalue weighted by Crippen LogP contribution is -2.30. The Balaban J connectivity index is 1.63. The number of fused-ring (bicyclic) bond motifs is 1. The number of hydrogen-bond acceptors (Lipinski definition) is 7. The number of nitro groups is 1. The molecule has 9 nitrogen and oxygen atoms in total. The number of nitrogens with zero attached hydrogens (tertiary/aromatic N) is 2. The highest BCUT2D eigenvalue weighted by Gasteiger charge is 2.22. The van der Waals surface area contributed by atoms with Crippen molar-refractivity contribution < 1.29 is 23.8 Å². The van der Waals surface area contributed by atoms with Crippen molar-refractivity contribution in [3.8, 4) is 0 Å². The number of benzene rings is 2. The van der Waals surface area contributed by atoms with Gasteiger partial charge in [0, 0.05) is 11.5 Å². The molecule has 3 rings (SSSR count). The third kappa shape index (κ3) is 4.09. The van der Waals surface area contributed by atoms with Crippen LogP contribution in [-0.4, -0.2) is 28.1 Å². The Morgan fingerprint density at radius 2 is 1.93 bits per heavy atom. The molecule has 1 heterocycles. The minimum Gasteiger partial charge on any atom is -0.452 e. The normalized spacial score (nSPS) is 11.7. The summed E-state index contributed by atoms with van der Waals surface area (Å²) in [5.74, 6) is -1.35. The highest BCUT2D eigenvalue weighted by atomic mass is 16.6. The molecular formula is C18H15N3O6. The number of hydrogen-bond donors (Lipinski definition) is 1. The van der Waals surface area contributed by atoms with Crippen molar-refractivity contribution in [3.05, 3.63) is 64.3 Å². The van der Waals surface area contributed by atoms with Crippen molar-refractivity contribution in [3.63, 3.8) is 0 Å². The minimum atomic E-state index is -1.14. The molecule has 0 unspecified atom stereocenters. The molecule has 9 heteroatoms. The number of carbonyl (C=O) groups is 2. The van der Waals surface area contributed by atoms with E-state index in [0.29, 0.717) is 16.7 Å². The Morgan fingerprint density at radius 3 is 2.70 bits per heavy atom. The van der Waals surface area contributed by atoms with Gasteiger partial charge in [-0.2, -0.15) is 0 Å². The number of rotatable bonds is 6. The molecule has 0 saturated heterocycles. The molecular weight excluding hydrogens is 354 g/mol. The first-order valence-corrected chi connectivity index (χ1v) is 8.02. The van der Waals surface area contributed by atoms with Gasteiger partial charge in [-0.05, 0) is 25.1 Å². The number of anilines is 1. The van der Waals surface area contributed by atoms with E-state index in [0.717, 1.165) is 0 Å². The number of para-hydroxylation sites is 3. The maximum atomic E-state index is 12.2. The lowest BCUT2D eigenvalue weighted by molar-refractivity contribution is -0.383. The summed E-state index contributed by atoms with van der Waals surface area (Å²) >= 11 is 0. The van der Waals surface area contributed by atoms with Gasteiger partial charge in [0.1, 0.15) is 11.4 Å². The van der Waals surface area contributed by atoms with Gasteiger partial charge in [0.05, 0.1) is 11.3 Å². The van der Waals surface area contributed by atoms with Crippen molar-refractivity contribution in [1.29, 1.82) is 0 Å². The lowest BCUT2D eigenvalue weighted by Gasteiger charge is -2.13. The van der Waals surface area contributed by atoms with Crippen LogP contribution in [0.15, 0.2) is 53.1 Å². The molecule has 1 N–H and O–H groups in total. The van der Waals surface area contributed by atoms with Gasteiger partial charge in [-0.1, -0.05) is 29.4 Å². The summed E-state index contributed by atoms with van der Waals surface area (Å²) in [7, 11) is 0. The first-order valence-electron chi connectivity index (χ1n) is 8.02. The summed E-state index contributed by atoms with van der Waals surface area (Å²) in [4.78, 5) is 34.7. The van der Waals surface area contributed by atoms with Crippen LogP contribution in [0.3, 0.4) is 0 Å². The number of carbonyl (C=O) groups excluding carboxylic acids is 2. The number of aromatic nitrogens is 1. The van der Waals surface area contributed by atoms with E-state index in [2.05, 4.69) is 10.5 Å². The predicted octanol–water partition coefficient (Wildman–Crippen LogP) is 2.85. The zero-order chi connectivity index (χ0) is 19.4. The summed E-state index contributed by atoms with van der Waals surface area (Å²) in [6.45, 7) is 1.38. The quantitative estimate of drug-likeness (QED) is 0.402. The Kier molecular flexibility index (Phi) is 5.11. The van der Waals surface area contributed by atoms with Crippen molar-refractivity contribution in [1.82, 2.24) is 5.16 Å². The van der Waals surface area contributed by atoms with Crippen molar-refractivity contribution in [2.75, 3.05) is 5.32 Å². The highest BCUT2D eigenvalue weighted by Crippen LogP contribution is 2.23. The van der Waals surface area contributed by atoms with Gasteiger partial charge in [0.15, 0.2) is 11.7 Å².